The summed E-state index contributed by atoms with van der Waals surface area (Å²) in [4.78, 5) is 25.4. The average molecular weight is 525 g/mol. The second kappa shape index (κ2) is 10.1. The van der Waals surface area contributed by atoms with Crippen LogP contribution in [0.5, 0.6) is 0 Å². The Labute approximate surface area is 217 Å². The second-order valence-corrected chi connectivity index (χ2v) is 11.6. The van der Waals surface area contributed by atoms with Crippen molar-refractivity contribution in [1.29, 1.82) is 0 Å². The Morgan fingerprint density at radius 1 is 1.08 bits per heavy atom. The first-order chi connectivity index (χ1) is 17.6. The molecule has 7 nitrogen and oxygen atoms in total. The Hall–Kier alpha value is -2.56. The molecule has 36 heavy (non-hydrogen) atoms. The van der Waals surface area contributed by atoms with Crippen LogP contribution in [0.15, 0.2) is 34.2 Å². The molecule has 0 bridgehead atoms. The van der Waals surface area contributed by atoms with E-state index in [1.54, 1.807) is 23.5 Å². The number of likely N-dealkylation sites (tertiary alicyclic amines) is 1. The molecule has 4 aromatic rings. The lowest BCUT2D eigenvalue weighted by atomic mass is 9.97. The lowest BCUT2D eigenvalue weighted by Crippen LogP contribution is -2.33. The molecule has 1 N–H and O–H groups in total. The minimum Gasteiger partial charge on any atom is -0.309 e. The first-order valence-corrected chi connectivity index (χ1v) is 14.5. The lowest BCUT2D eigenvalue weighted by Gasteiger charge is -2.31. The Morgan fingerprint density at radius 2 is 1.86 bits per heavy atom. The molecule has 1 fully saturated rings. The third-order valence-corrected chi connectivity index (χ3v) is 9.39. The molecule has 0 amide bonds. The van der Waals surface area contributed by atoms with E-state index in [0.717, 1.165) is 54.1 Å². The summed E-state index contributed by atoms with van der Waals surface area (Å²) in [6.07, 6.45) is 7.95. The summed E-state index contributed by atoms with van der Waals surface area (Å²) in [5, 5.41) is 10.6. The number of thiophene rings is 1. The summed E-state index contributed by atoms with van der Waals surface area (Å²) in [5.74, 6) is 1.66. The number of hydrogen-bond acceptors (Lipinski definition) is 7. The number of hydrogen-bond donors (Lipinski definition) is 1. The van der Waals surface area contributed by atoms with Gasteiger partial charge in [0.05, 0.1) is 17.2 Å². The molecular weight excluding hydrogens is 495 g/mol. The molecule has 1 aliphatic heterocycles. The largest absolute Gasteiger partial charge is 0.309 e. The van der Waals surface area contributed by atoms with Crippen molar-refractivity contribution in [2.75, 3.05) is 13.1 Å². The van der Waals surface area contributed by atoms with E-state index >= 15 is 0 Å². The number of benzene rings is 1. The van der Waals surface area contributed by atoms with Crippen molar-refractivity contribution >= 4 is 33.3 Å². The number of fused-ring (bicyclic) bond motifs is 3. The minimum atomic E-state index is -0.277. The molecule has 10 heteroatoms. The lowest BCUT2D eigenvalue weighted by molar-refractivity contribution is 0.167. The fourth-order valence-electron chi connectivity index (χ4n) is 5.36. The fourth-order valence-corrected chi connectivity index (χ4v) is 7.47. The van der Waals surface area contributed by atoms with Gasteiger partial charge in [0.1, 0.15) is 16.5 Å². The SMILES string of the molecule is C[C@@H](c1nnc(SCc2nc3sc4c(c3c(=O)[nH]2)CCCC4)n1-c1ccc(F)cc1)N1CCCCC1. The van der Waals surface area contributed by atoms with Gasteiger partial charge in [0.2, 0.25) is 0 Å². The highest BCUT2D eigenvalue weighted by atomic mass is 32.2. The van der Waals surface area contributed by atoms with Crippen molar-refractivity contribution in [2.24, 2.45) is 0 Å². The quantitative estimate of drug-likeness (QED) is 0.339. The first kappa shape index (κ1) is 23.8. The van der Waals surface area contributed by atoms with E-state index in [-0.39, 0.29) is 17.4 Å². The van der Waals surface area contributed by atoms with Crippen LogP contribution in [-0.4, -0.2) is 42.7 Å². The zero-order valence-electron chi connectivity index (χ0n) is 20.3. The maximum atomic E-state index is 13.7. The van der Waals surface area contributed by atoms with Crippen LogP contribution in [0.2, 0.25) is 0 Å². The van der Waals surface area contributed by atoms with Gasteiger partial charge >= 0.3 is 0 Å². The second-order valence-electron chi connectivity index (χ2n) is 9.62. The van der Waals surface area contributed by atoms with Crippen LogP contribution in [0.4, 0.5) is 4.39 Å². The molecule has 0 saturated carbocycles. The molecule has 2 aliphatic rings. The van der Waals surface area contributed by atoms with Gasteiger partial charge in [0, 0.05) is 10.6 Å². The summed E-state index contributed by atoms with van der Waals surface area (Å²) in [7, 11) is 0. The van der Waals surface area contributed by atoms with E-state index in [4.69, 9.17) is 4.98 Å². The van der Waals surface area contributed by atoms with E-state index < -0.39 is 0 Å². The number of aryl methyl sites for hydroxylation is 2. The number of aromatic nitrogens is 5. The number of aromatic amines is 1. The van der Waals surface area contributed by atoms with E-state index in [2.05, 4.69) is 27.0 Å². The molecule has 1 aliphatic carbocycles. The van der Waals surface area contributed by atoms with Crippen molar-refractivity contribution < 1.29 is 4.39 Å². The topological polar surface area (TPSA) is 79.7 Å². The number of piperidine rings is 1. The Kier molecular flexibility index (Phi) is 6.66. The normalized spacial score (nSPS) is 17.4. The molecule has 1 atom stereocenters. The molecule has 1 aromatic carbocycles. The monoisotopic (exact) mass is 524 g/mol. The van der Waals surface area contributed by atoms with Crippen molar-refractivity contribution in [2.45, 2.75) is 68.8 Å². The first-order valence-electron chi connectivity index (χ1n) is 12.7. The van der Waals surface area contributed by atoms with Crippen LogP contribution < -0.4 is 5.56 Å². The highest BCUT2D eigenvalue weighted by molar-refractivity contribution is 7.98. The summed E-state index contributed by atoms with van der Waals surface area (Å²) < 4.78 is 15.7. The minimum absolute atomic E-state index is 0.0468. The zero-order chi connectivity index (χ0) is 24.6. The molecular formula is C26H29FN6OS2. The van der Waals surface area contributed by atoms with E-state index in [1.165, 1.54) is 60.0 Å². The highest BCUT2D eigenvalue weighted by Gasteiger charge is 2.26. The molecule has 0 spiro atoms. The van der Waals surface area contributed by atoms with Crippen molar-refractivity contribution in [3.63, 3.8) is 0 Å². The molecule has 4 heterocycles. The van der Waals surface area contributed by atoms with Crippen LogP contribution in [0.3, 0.4) is 0 Å². The van der Waals surface area contributed by atoms with Crippen LogP contribution in [0.1, 0.15) is 67.2 Å². The molecule has 3 aromatic heterocycles. The van der Waals surface area contributed by atoms with Crippen LogP contribution >= 0.6 is 23.1 Å². The predicted molar refractivity (Wildman–Crippen MR) is 142 cm³/mol. The number of halogens is 1. The predicted octanol–water partition coefficient (Wildman–Crippen LogP) is 5.42. The third-order valence-electron chi connectivity index (χ3n) is 7.27. The van der Waals surface area contributed by atoms with Crippen LogP contribution in [-0.2, 0) is 18.6 Å². The molecule has 188 valence electrons. The highest BCUT2D eigenvalue weighted by Crippen LogP contribution is 2.34. The van der Waals surface area contributed by atoms with Gasteiger partial charge in [-0.1, -0.05) is 18.2 Å². The number of H-pyrrole nitrogens is 1. The van der Waals surface area contributed by atoms with Crippen LogP contribution in [0, 0.1) is 5.82 Å². The maximum Gasteiger partial charge on any atom is 0.259 e. The van der Waals surface area contributed by atoms with E-state index in [0.29, 0.717) is 16.7 Å². The van der Waals surface area contributed by atoms with Gasteiger partial charge in [-0.2, -0.15) is 0 Å². The average Bonchev–Trinajstić information content (AvgIpc) is 3.49. The maximum absolute atomic E-state index is 13.7. The van der Waals surface area contributed by atoms with Gasteiger partial charge in [0.25, 0.3) is 5.56 Å². The van der Waals surface area contributed by atoms with Gasteiger partial charge in [-0.15, -0.1) is 21.5 Å². The fraction of sp³-hybridized carbons (Fsp3) is 0.462. The summed E-state index contributed by atoms with van der Waals surface area (Å²) >= 11 is 3.15. The van der Waals surface area contributed by atoms with Gasteiger partial charge in [-0.25, -0.2) is 9.37 Å². The zero-order valence-corrected chi connectivity index (χ0v) is 21.9. The van der Waals surface area contributed by atoms with Gasteiger partial charge in [-0.05, 0) is 88.4 Å². The standard InChI is InChI=1S/C26H29FN6OS2/c1-16(32-13-5-2-6-14-32)23-30-31-26(33(23)18-11-9-17(27)10-12-18)35-15-21-28-24(34)22-19-7-3-4-8-20(19)36-25(22)29-21/h9-12,16H,2-8,13-15H2,1H3,(H,28,29,34)/t16-/m0/s1. The van der Waals surface area contributed by atoms with Crippen molar-refractivity contribution in [3.05, 3.63) is 62.5 Å². The third kappa shape index (κ3) is 4.50. The molecule has 6 rings (SSSR count). The van der Waals surface area contributed by atoms with Gasteiger partial charge in [-0.3, -0.25) is 14.3 Å². The smallest absolute Gasteiger partial charge is 0.259 e. The summed E-state index contributed by atoms with van der Waals surface area (Å²) in [6.45, 7) is 4.24. The summed E-state index contributed by atoms with van der Waals surface area (Å²) in [5.41, 5.74) is 1.97. The number of nitrogens with zero attached hydrogens (tertiary/aromatic N) is 5. The number of thioether (sulfide) groups is 1. The molecule has 1 saturated heterocycles. The number of nitrogens with one attached hydrogen (secondary N) is 1. The van der Waals surface area contributed by atoms with Crippen LogP contribution in [0.25, 0.3) is 15.9 Å². The van der Waals surface area contributed by atoms with E-state index in [1.807, 2.05) is 4.57 Å². The Bertz CT molecular complexity index is 1440. The van der Waals surface area contributed by atoms with Gasteiger partial charge < -0.3 is 4.98 Å². The number of rotatable bonds is 6. The molecule has 0 unspecified atom stereocenters. The van der Waals surface area contributed by atoms with E-state index in [9.17, 15) is 9.18 Å². The van der Waals surface area contributed by atoms with Gasteiger partial charge in [0.15, 0.2) is 11.0 Å². The Morgan fingerprint density at radius 3 is 2.67 bits per heavy atom. The Balaban J connectivity index is 1.31. The van der Waals surface area contributed by atoms with Crippen molar-refractivity contribution in [1.82, 2.24) is 29.6 Å². The van der Waals surface area contributed by atoms with Crippen molar-refractivity contribution in [3.8, 4) is 5.69 Å². The summed E-state index contributed by atoms with van der Waals surface area (Å²) in [6, 6.07) is 6.54. The molecule has 0 radical (unpaired) electrons.